The van der Waals surface area contributed by atoms with Crippen LogP contribution in [0, 0.1) is 0 Å². The number of anilines is 1. The van der Waals surface area contributed by atoms with Gasteiger partial charge in [-0.1, -0.05) is 17.7 Å². The molecular formula is C9H10ClNO. The van der Waals surface area contributed by atoms with E-state index in [2.05, 4.69) is 5.32 Å². The van der Waals surface area contributed by atoms with Crippen LogP contribution in [0.5, 0.6) is 0 Å². The average Bonchev–Trinajstić information content (AvgIpc) is 2.84. The van der Waals surface area contributed by atoms with Crippen molar-refractivity contribution in [3.63, 3.8) is 0 Å². The number of hydrogen-bond donors (Lipinski definition) is 1. The largest absolute Gasteiger partial charge is 0.382 e. The van der Waals surface area contributed by atoms with Crippen LogP contribution >= 0.6 is 11.6 Å². The van der Waals surface area contributed by atoms with E-state index in [4.69, 9.17) is 16.3 Å². The van der Waals surface area contributed by atoms with E-state index < -0.39 is 0 Å². The highest BCUT2D eigenvalue weighted by Crippen LogP contribution is 2.16. The van der Waals surface area contributed by atoms with Gasteiger partial charge in [0.1, 0.15) is 0 Å². The number of nitrogens with one attached hydrogen (secondary N) is 1. The Hall–Kier alpha value is -0.730. The summed E-state index contributed by atoms with van der Waals surface area (Å²) in [5.41, 5.74) is 1.05. The monoisotopic (exact) mass is 183 g/mol. The number of halogens is 1. The minimum Gasteiger partial charge on any atom is -0.382 e. The summed E-state index contributed by atoms with van der Waals surface area (Å²) >= 11 is 5.80. The molecule has 1 unspecified atom stereocenters. The van der Waals surface area contributed by atoms with Crippen LogP contribution in [-0.2, 0) is 4.74 Å². The minimum absolute atomic E-state index is 0.406. The maximum atomic E-state index is 5.80. The highest BCUT2D eigenvalue weighted by molar-refractivity contribution is 6.30. The summed E-state index contributed by atoms with van der Waals surface area (Å²) < 4.78 is 5.06. The van der Waals surface area contributed by atoms with Gasteiger partial charge in [-0.15, -0.1) is 0 Å². The van der Waals surface area contributed by atoms with Crippen LogP contribution in [0.3, 0.4) is 0 Å². The van der Waals surface area contributed by atoms with E-state index in [1.54, 1.807) is 0 Å². The van der Waals surface area contributed by atoms with Crippen LogP contribution in [0.1, 0.15) is 0 Å². The fraction of sp³-hybridized carbons (Fsp3) is 0.333. The van der Waals surface area contributed by atoms with Gasteiger partial charge in [-0.25, -0.2) is 0 Å². The molecule has 0 amide bonds. The van der Waals surface area contributed by atoms with Crippen LogP contribution < -0.4 is 5.32 Å². The molecule has 1 heterocycles. The molecule has 1 aliphatic rings. The van der Waals surface area contributed by atoms with Crippen molar-refractivity contribution in [1.82, 2.24) is 0 Å². The van der Waals surface area contributed by atoms with Crippen LogP contribution in [0.25, 0.3) is 0 Å². The summed E-state index contributed by atoms with van der Waals surface area (Å²) in [6.45, 7) is 1.76. The first-order valence-electron chi connectivity index (χ1n) is 3.95. The third-order valence-corrected chi connectivity index (χ3v) is 2.00. The van der Waals surface area contributed by atoms with Crippen molar-refractivity contribution in [2.45, 2.75) is 6.10 Å². The second-order valence-electron chi connectivity index (χ2n) is 2.85. The summed E-state index contributed by atoms with van der Waals surface area (Å²) in [7, 11) is 0. The summed E-state index contributed by atoms with van der Waals surface area (Å²) in [6.07, 6.45) is 0.406. The van der Waals surface area contributed by atoms with E-state index in [0.717, 1.165) is 23.9 Å². The van der Waals surface area contributed by atoms with Crippen LogP contribution in [0.15, 0.2) is 24.3 Å². The molecule has 1 aromatic carbocycles. The minimum atomic E-state index is 0.406. The van der Waals surface area contributed by atoms with Gasteiger partial charge in [0.25, 0.3) is 0 Å². The van der Waals surface area contributed by atoms with Crippen molar-refractivity contribution < 1.29 is 4.74 Å². The Morgan fingerprint density at radius 3 is 3.08 bits per heavy atom. The normalized spacial score (nSPS) is 20.6. The predicted octanol–water partition coefficient (Wildman–Crippen LogP) is 2.15. The first-order chi connectivity index (χ1) is 5.84. The van der Waals surface area contributed by atoms with Crippen molar-refractivity contribution in [1.29, 1.82) is 0 Å². The van der Waals surface area contributed by atoms with Gasteiger partial charge in [0.2, 0.25) is 0 Å². The van der Waals surface area contributed by atoms with Gasteiger partial charge in [0.05, 0.1) is 12.7 Å². The van der Waals surface area contributed by atoms with Gasteiger partial charge in [-0.3, -0.25) is 0 Å². The fourth-order valence-electron chi connectivity index (χ4n) is 1.02. The van der Waals surface area contributed by atoms with Gasteiger partial charge in [-0.2, -0.15) is 0 Å². The quantitative estimate of drug-likeness (QED) is 0.727. The number of epoxide rings is 1. The number of rotatable bonds is 3. The Balaban J connectivity index is 1.92. The Morgan fingerprint density at radius 2 is 2.42 bits per heavy atom. The molecule has 1 saturated heterocycles. The number of hydrogen-bond acceptors (Lipinski definition) is 2. The average molecular weight is 184 g/mol. The fourth-order valence-corrected chi connectivity index (χ4v) is 1.21. The Kier molecular flexibility index (Phi) is 2.19. The second kappa shape index (κ2) is 3.33. The smallest absolute Gasteiger partial charge is 0.0981 e. The molecule has 2 rings (SSSR count). The molecule has 12 heavy (non-hydrogen) atoms. The van der Waals surface area contributed by atoms with Gasteiger partial charge in [-0.05, 0) is 18.2 Å². The zero-order chi connectivity index (χ0) is 8.39. The standard InChI is InChI=1S/C9H10ClNO/c10-7-2-1-3-8(4-7)11-5-9-6-12-9/h1-4,9,11H,5-6H2. The molecule has 2 nitrogen and oxygen atoms in total. The van der Waals surface area contributed by atoms with Crippen molar-refractivity contribution in [3.05, 3.63) is 29.3 Å². The first kappa shape index (κ1) is 7.90. The number of benzene rings is 1. The summed E-state index contributed by atoms with van der Waals surface area (Å²) in [5, 5.41) is 4.00. The van der Waals surface area contributed by atoms with E-state index in [0.29, 0.717) is 6.10 Å². The second-order valence-corrected chi connectivity index (χ2v) is 3.28. The molecule has 1 aromatic rings. The van der Waals surface area contributed by atoms with Gasteiger partial charge in [0, 0.05) is 17.3 Å². The molecule has 64 valence electrons. The van der Waals surface area contributed by atoms with Crippen LogP contribution in [0.2, 0.25) is 5.02 Å². The Labute approximate surface area is 76.5 Å². The van der Waals surface area contributed by atoms with Crippen LogP contribution in [0.4, 0.5) is 5.69 Å². The maximum Gasteiger partial charge on any atom is 0.0981 e. The third kappa shape index (κ3) is 2.13. The summed E-state index contributed by atoms with van der Waals surface area (Å²) in [5.74, 6) is 0. The van der Waals surface area contributed by atoms with Crippen molar-refractivity contribution in [2.24, 2.45) is 0 Å². The van der Waals surface area contributed by atoms with E-state index in [1.807, 2.05) is 24.3 Å². The lowest BCUT2D eigenvalue weighted by atomic mass is 10.3. The zero-order valence-corrected chi connectivity index (χ0v) is 7.34. The van der Waals surface area contributed by atoms with Gasteiger partial charge >= 0.3 is 0 Å². The van der Waals surface area contributed by atoms with Crippen molar-refractivity contribution in [2.75, 3.05) is 18.5 Å². The zero-order valence-electron chi connectivity index (χ0n) is 6.59. The van der Waals surface area contributed by atoms with Gasteiger partial charge in [0.15, 0.2) is 0 Å². The molecule has 1 fully saturated rings. The maximum absolute atomic E-state index is 5.80. The molecule has 1 aliphatic heterocycles. The van der Waals surface area contributed by atoms with E-state index >= 15 is 0 Å². The molecule has 0 spiro atoms. The molecule has 0 bridgehead atoms. The van der Waals surface area contributed by atoms with E-state index in [-0.39, 0.29) is 0 Å². The molecule has 1 atom stereocenters. The molecule has 0 aromatic heterocycles. The topological polar surface area (TPSA) is 24.6 Å². The van der Waals surface area contributed by atoms with E-state index in [1.165, 1.54) is 0 Å². The lowest BCUT2D eigenvalue weighted by Gasteiger charge is -2.03. The lowest BCUT2D eigenvalue weighted by Crippen LogP contribution is -2.07. The Morgan fingerprint density at radius 1 is 1.58 bits per heavy atom. The highest BCUT2D eigenvalue weighted by Gasteiger charge is 2.21. The van der Waals surface area contributed by atoms with Crippen molar-refractivity contribution in [3.8, 4) is 0 Å². The third-order valence-electron chi connectivity index (χ3n) is 1.76. The summed E-state index contributed by atoms with van der Waals surface area (Å²) in [6, 6.07) is 7.69. The molecule has 0 aliphatic carbocycles. The molecular weight excluding hydrogens is 174 g/mol. The highest BCUT2D eigenvalue weighted by atomic mass is 35.5. The van der Waals surface area contributed by atoms with E-state index in [9.17, 15) is 0 Å². The number of ether oxygens (including phenoxy) is 1. The molecule has 1 N–H and O–H groups in total. The molecule has 3 heteroatoms. The SMILES string of the molecule is Clc1cccc(NCC2CO2)c1. The Bertz CT molecular complexity index is 273. The molecule has 0 saturated carbocycles. The first-order valence-corrected chi connectivity index (χ1v) is 4.33. The van der Waals surface area contributed by atoms with Crippen molar-refractivity contribution >= 4 is 17.3 Å². The van der Waals surface area contributed by atoms with Crippen LogP contribution in [-0.4, -0.2) is 19.3 Å². The molecule has 0 radical (unpaired) electrons. The summed E-state index contributed by atoms with van der Waals surface area (Å²) in [4.78, 5) is 0. The predicted molar refractivity (Wildman–Crippen MR) is 49.7 cm³/mol. The lowest BCUT2D eigenvalue weighted by molar-refractivity contribution is 0.417. The van der Waals surface area contributed by atoms with Gasteiger partial charge < -0.3 is 10.1 Å².